The molecule has 0 aliphatic rings. The molecule has 0 spiro atoms. The highest BCUT2D eigenvalue weighted by atomic mass is 32.2. The Labute approximate surface area is 190 Å². The third kappa shape index (κ3) is 7.95. The summed E-state index contributed by atoms with van der Waals surface area (Å²) < 4.78 is 30.2. The number of sulfonamides is 1. The number of benzene rings is 2. The molecule has 0 aliphatic heterocycles. The van der Waals surface area contributed by atoms with Gasteiger partial charge in [-0.25, -0.2) is 13.2 Å². The third-order valence-electron chi connectivity index (χ3n) is 4.74. The van der Waals surface area contributed by atoms with Gasteiger partial charge in [0.25, 0.3) is 0 Å². The zero-order valence-electron chi connectivity index (χ0n) is 18.6. The van der Waals surface area contributed by atoms with E-state index in [2.05, 4.69) is 55.1 Å². The van der Waals surface area contributed by atoms with Crippen molar-refractivity contribution in [1.29, 1.82) is 0 Å². The van der Waals surface area contributed by atoms with Gasteiger partial charge in [-0.3, -0.25) is 4.72 Å². The van der Waals surface area contributed by atoms with Crippen molar-refractivity contribution >= 4 is 38.9 Å². The quantitative estimate of drug-likeness (QED) is 0.452. The maximum atomic E-state index is 12.1. The zero-order valence-corrected chi connectivity index (χ0v) is 20.2. The Morgan fingerprint density at radius 2 is 1.68 bits per heavy atom. The van der Waals surface area contributed by atoms with Gasteiger partial charge in [0.2, 0.25) is 10.0 Å². The number of carbonyl (C=O) groups excluding carboxylic acids is 1. The number of anilines is 1. The van der Waals surface area contributed by atoms with Gasteiger partial charge in [0.05, 0.1) is 29.6 Å². The number of rotatable bonds is 8. The van der Waals surface area contributed by atoms with Crippen LogP contribution in [0.1, 0.15) is 54.2 Å². The maximum absolute atomic E-state index is 12.1. The normalized spacial score (nSPS) is 11.6. The van der Waals surface area contributed by atoms with Crippen LogP contribution in [-0.2, 0) is 33.1 Å². The summed E-state index contributed by atoms with van der Waals surface area (Å²) in [5.41, 5.74) is 3.77. The van der Waals surface area contributed by atoms with Crippen molar-refractivity contribution in [2.24, 2.45) is 0 Å². The summed E-state index contributed by atoms with van der Waals surface area (Å²) in [5.74, 6) is -0.616. The number of hydrogen-bond acceptors (Lipinski definition) is 5. The first-order valence-corrected chi connectivity index (χ1v) is 12.2. The average molecular weight is 463 g/mol. The van der Waals surface area contributed by atoms with Gasteiger partial charge in [0.15, 0.2) is 0 Å². The first-order valence-electron chi connectivity index (χ1n) is 9.94. The van der Waals surface area contributed by atoms with E-state index in [4.69, 9.17) is 17.0 Å². The Balaban J connectivity index is 1.97. The van der Waals surface area contributed by atoms with Crippen LogP contribution in [0.5, 0.6) is 0 Å². The summed E-state index contributed by atoms with van der Waals surface area (Å²) in [7, 11) is -2.27. The molecule has 0 bridgehead atoms. The molecule has 0 heterocycles. The third-order valence-corrected chi connectivity index (χ3v) is 5.67. The predicted molar refractivity (Wildman–Crippen MR) is 129 cm³/mol. The summed E-state index contributed by atoms with van der Waals surface area (Å²) >= 11 is 5.45. The first kappa shape index (κ1) is 24.8. The lowest BCUT2D eigenvalue weighted by Gasteiger charge is -2.19. The van der Waals surface area contributed by atoms with Gasteiger partial charge in [-0.2, -0.15) is 0 Å². The minimum absolute atomic E-state index is 0.130. The van der Waals surface area contributed by atoms with Crippen molar-refractivity contribution < 1.29 is 17.9 Å². The highest BCUT2D eigenvalue weighted by Crippen LogP contribution is 2.23. The van der Waals surface area contributed by atoms with Gasteiger partial charge in [-0.1, -0.05) is 63.3 Å². The average Bonchev–Trinajstić information content (AvgIpc) is 2.69. The number of hydrogen-bond donors (Lipinski definition) is 2. The molecule has 168 valence electrons. The van der Waals surface area contributed by atoms with Gasteiger partial charge in [0, 0.05) is 13.0 Å². The summed E-state index contributed by atoms with van der Waals surface area (Å²) in [6, 6.07) is 13.5. The fourth-order valence-electron chi connectivity index (χ4n) is 2.99. The van der Waals surface area contributed by atoms with Gasteiger partial charge >= 0.3 is 5.97 Å². The van der Waals surface area contributed by atoms with E-state index in [1.54, 1.807) is 18.2 Å². The largest absolute Gasteiger partial charge is 0.465 e. The van der Waals surface area contributed by atoms with Crippen LogP contribution in [0, 0.1) is 0 Å². The molecule has 0 radical (unpaired) electrons. The summed E-state index contributed by atoms with van der Waals surface area (Å²) in [5, 5.41) is 3.20. The first-order chi connectivity index (χ1) is 14.4. The minimum atomic E-state index is -3.52. The molecule has 0 aliphatic carbocycles. The second-order valence-corrected chi connectivity index (χ2v) is 10.7. The summed E-state index contributed by atoms with van der Waals surface area (Å²) in [6.45, 7) is 6.99. The number of esters is 1. The van der Waals surface area contributed by atoms with Gasteiger partial charge in [-0.15, -0.1) is 0 Å². The lowest BCUT2D eigenvalue weighted by molar-refractivity contribution is 0.0602. The Morgan fingerprint density at radius 1 is 1.06 bits per heavy atom. The lowest BCUT2D eigenvalue weighted by atomic mass is 9.86. The summed E-state index contributed by atoms with van der Waals surface area (Å²) in [4.78, 5) is 12.8. The number of carbonyl (C=O) groups is 1. The topological polar surface area (TPSA) is 84.5 Å². The SMILES string of the molecule is COC(=O)c1cc(CNC(=S)CCc2ccc(C(C)(C)C)cc2)ccc1NS(C)(=O)=O. The van der Waals surface area contributed by atoms with Crippen LogP contribution in [0.25, 0.3) is 0 Å². The monoisotopic (exact) mass is 462 g/mol. The molecule has 2 rings (SSSR count). The van der Waals surface area contributed by atoms with Gasteiger partial charge in [0.1, 0.15) is 0 Å². The van der Waals surface area contributed by atoms with Crippen molar-refractivity contribution in [2.45, 2.75) is 45.6 Å². The van der Waals surface area contributed by atoms with Crippen molar-refractivity contribution in [3.8, 4) is 0 Å². The molecule has 2 aromatic rings. The number of ether oxygens (including phenoxy) is 1. The molecule has 2 aromatic carbocycles. The Kier molecular flexibility index (Phi) is 8.20. The van der Waals surface area contributed by atoms with E-state index in [-0.39, 0.29) is 16.7 Å². The van der Waals surface area contributed by atoms with Crippen LogP contribution in [0.2, 0.25) is 0 Å². The second kappa shape index (κ2) is 10.2. The number of methoxy groups -OCH3 is 1. The molecule has 8 heteroatoms. The Hall–Kier alpha value is -2.45. The molecule has 0 fully saturated rings. The number of aryl methyl sites for hydroxylation is 1. The summed E-state index contributed by atoms with van der Waals surface area (Å²) in [6.07, 6.45) is 2.57. The number of thiocarbonyl (C=S) groups is 1. The van der Waals surface area contributed by atoms with Crippen LogP contribution < -0.4 is 10.0 Å². The molecule has 6 nitrogen and oxygen atoms in total. The smallest absolute Gasteiger partial charge is 0.340 e. The molecule has 0 saturated heterocycles. The van der Waals surface area contributed by atoms with Crippen LogP contribution in [0.3, 0.4) is 0 Å². The molecule has 0 unspecified atom stereocenters. The van der Waals surface area contributed by atoms with E-state index in [9.17, 15) is 13.2 Å². The van der Waals surface area contributed by atoms with E-state index < -0.39 is 16.0 Å². The molecule has 2 N–H and O–H groups in total. The van der Waals surface area contributed by atoms with Crippen LogP contribution >= 0.6 is 12.2 Å². The van der Waals surface area contributed by atoms with Gasteiger partial charge < -0.3 is 10.1 Å². The van der Waals surface area contributed by atoms with E-state index in [1.807, 2.05) is 0 Å². The van der Waals surface area contributed by atoms with E-state index in [1.165, 1.54) is 18.2 Å². The van der Waals surface area contributed by atoms with Crippen molar-refractivity contribution in [3.63, 3.8) is 0 Å². The van der Waals surface area contributed by atoms with E-state index >= 15 is 0 Å². The molecular formula is C23H30N2O4S2. The molecule has 0 aromatic heterocycles. The lowest BCUT2D eigenvalue weighted by Crippen LogP contribution is -2.22. The van der Waals surface area contributed by atoms with Crippen LogP contribution in [-0.4, -0.2) is 32.7 Å². The highest BCUT2D eigenvalue weighted by Gasteiger charge is 2.16. The second-order valence-electron chi connectivity index (χ2n) is 8.47. The zero-order chi connectivity index (χ0) is 23.2. The minimum Gasteiger partial charge on any atom is -0.465 e. The standard InChI is InChI=1S/C23H30N2O4S2/c1-23(2,3)18-10-6-16(7-11-18)9-13-21(30)24-15-17-8-12-20(25-31(5,27)28)19(14-17)22(26)29-4/h6-8,10-12,14,25H,9,13,15H2,1-5H3,(H,24,30). The predicted octanol–water partition coefficient (Wildman–Crippen LogP) is 4.19. The Morgan fingerprint density at radius 3 is 2.23 bits per heavy atom. The van der Waals surface area contributed by atoms with Crippen molar-refractivity contribution in [2.75, 3.05) is 18.1 Å². The van der Waals surface area contributed by atoms with Crippen LogP contribution in [0.15, 0.2) is 42.5 Å². The molecular weight excluding hydrogens is 432 g/mol. The van der Waals surface area contributed by atoms with E-state index in [0.717, 1.165) is 23.2 Å². The molecule has 31 heavy (non-hydrogen) atoms. The van der Waals surface area contributed by atoms with Crippen molar-refractivity contribution in [1.82, 2.24) is 5.32 Å². The fraction of sp³-hybridized carbons (Fsp3) is 0.391. The highest BCUT2D eigenvalue weighted by molar-refractivity contribution is 7.92. The number of nitrogens with one attached hydrogen (secondary N) is 2. The molecule has 0 amide bonds. The van der Waals surface area contributed by atoms with E-state index in [0.29, 0.717) is 13.0 Å². The Bertz CT molecular complexity index is 1040. The molecule has 0 saturated carbocycles. The molecule has 0 atom stereocenters. The fourth-order valence-corrected chi connectivity index (χ4v) is 3.74. The van der Waals surface area contributed by atoms with Gasteiger partial charge in [-0.05, 0) is 40.7 Å². The van der Waals surface area contributed by atoms with Crippen molar-refractivity contribution in [3.05, 3.63) is 64.7 Å². The maximum Gasteiger partial charge on any atom is 0.340 e. The van der Waals surface area contributed by atoms with Crippen LogP contribution in [0.4, 0.5) is 5.69 Å².